The van der Waals surface area contributed by atoms with E-state index in [4.69, 9.17) is 0 Å². The molecule has 0 saturated carbocycles. The SMILES string of the molecule is Cc1cn(C)c2c1CC[N+](C)(C)C2. The predicted octanol–water partition coefficient (Wildman–Crippen LogP) is 1.47. The minimum atomic E-state index is 1.13. The summed E-state index contributed by atoms with van der Waals surface area (Å²) in [6, 6.07) is 0. The molecule has 1 aromatic heterocycles. The van der Waals surface area contributed by atoms with Gasteiger partial charge in [0.25, 0.3) is 0 Å². The van der Waals surface area contributed by atoms with Crippen molar-refractivity contribution in [3.8, 4) is 0 Å². The maximum atomic E-state index is 2.31. The van der Waals surface area contributed by atoms with E-state index in [2.05, 4.69) is 38.8 Å². The van der Waals surface area contributed by atoms with E-state index in [0.717, 1.165) is 4.48 Å². The number of aromatic nitrogens is 1. The van der Waals surface area contributed by atoms with Gasteiger partial charge in [-0.1, -0.05) is 0 Å². The molecule has 0 saturated heterocycles. The second-order valence-electron chi connectivity index (χ2n) is 4.92. The molecule has 0 atom stereocenters. The molecule has 0 radical (unpaired) electrons. The molecule has 72 valence electrons. The Bertz CT molecular complexity index is 334. The topological polar surface area (TPSA) is 4.93 Å². The molecule has 2 nitrogen and oxygen atoms in total. The minimum absolute atomic E-state index is 1.13. The normalized spacial score (nSPS) is 20.0. The first-order valence-corrected chi connectivity index (χ1v) is 4.95. The molecule has 0 aromatic carbocycles. The van der Waals surface area contributed by atoms with E-state index < -0.39 is 0 Å². The van der Waals surface area contributed by atoms with Crippen LogP contribution in [0.2, 0.25) is 0 Å². The number of hydrogen-bond donors (Lipinski definition) is 0. The molecule has 2 heteroatoms. The first kappa shape index (κ1) is 8.82. The van der Waals surface area contributed by atoms with Crippen LogP contribution in [0.4, 0.5) is 0 Å². The fourth-order valence-electron chi connectivity index (χ4n) is 2.33. The first-order chi connectivity index (χ1) is 5.99. The molecule has 0 spiro atoms. The van der Waals surface area contributed by atoms with E-state index >= 15 is 0 Å². The molecular weight excluding hydrogens is 160 g/mol. The monoisotopic (exact) mass is 179 g/mol. The lowest BCUT2D eigenvalue weighted by Gasteiger charge is -2.34. The molecule has 1 aliphatic rings. The van der Waals surface area contributed by atoms with E-state index in [0.29, 0.717) is 0 Å². The summed E-state index contributed by atoms with van der Waals surface area (Å²) in [6.07, 6.45) is 3.50. The molecule has 0 aliphatic carbocycles. The van der Waals surface area contributed by atoms with Crippen LogP contribution in [0, 0.1) is 6.92 Å². The van der Waals surface area contributed by atoms with Gasteiger partial charge in [-0.3, -0.25) is 0 Å². The molecule has 0 amide bonds. The number of aryl methyl sites for hydroxylation is 2. The van der Waals surface area contributed by atoms with Crippen molar-refractivity contribution < 1.29 is 4.48 Å². The highest BCUT2D eigenvalue weighted by Gasteiger charge is 2.27. The highest BCUT2D eigenvalue weighted by atomic mass is 15.3. The van der Waals surface area contributed by atoms with Crippen LogP contribution in [0.3, 0.4) is 0 Å². The van der Waals surface area contributed by atoms with Crippen molar-refractivity contribution in [1.29, 1.82) is 0 Å². The fourth-order valence-corrected chi connectivity index (χ4v) is 2.33. The van der Waals surface area contributed by atoms with Crippen LogP contribution in [0.1, 0.15) is 16.8 Å². The summed E-state index contributed by atoms with van der Waals surface area (Å²) in [6.45, 7) is 4.68. The molecule has 0 bridgehead atoms. The van der Waals surface area contributed by atoms with Crippen LogP contribution >= 0.6 is 0 Å². The largest absolute Gasteiger partial charge is 0.349 e. The zero-order chi connectivity index (χ0) is 9.64. The van der Waals surface area contributed by atoms with E-state index in [1.807, 2.05) is 0 Å². The minimum Gasteiger partial charge on any atom is -0.349 e. The summed E-state index contributed by atoms with van der Waals surface area (Å²) in [5, 5.41) is 0. The maximum absolute atomic E-state index is 2.31. The van der Waals surface area contributed by atoms with Crippen molar-refractivity contribution in [2.75, 3.05) is 20.6 Å². The molecule has 0 unspecified atom stereocenters. The Morgan fingerprint density at radius 2 is 2.08 bits per heavy atom. The van der Waals surface area contributed by atoms with Gasteiger partial charge in [0, 0.05) is 19.7 Å². The van der Waals surface area contributed by atoms with Gasteiger partial charge in [0.1, 0.15) is 6.54 Å². The van der Waals surface area contributed by atoms with Crippen molar-refractivity contribution in [1.82, 2.24) is 4.57 Å². The summed E-state index contributed by atoms with van der Waals surface area (Å²) in [7, 11) is 6.79. The second-order valence-corrected chi connectivity index (χ2v) is 4.92. The lowest BCUT2D eigenvalue weighted by atomic mass is 10.0. The van der Waals surface area contributed by atoms with Gasteiger partial charge in [0.2, 0.25) is 0 Å². The third kappa shape index (κ3) is 1.39. The van der Waals surface area contributed by atoms with Crippen LogP contribution in [0.15, 0.2) is 6.20 Å². The first-order valence-electron chi connectivity index (χ1n) is 4.95. The van der Waals surface area contributed by atoms with Crippen LogP contribution < -0.4 is 0 Å². The van der Waals surface area contributed by atoms with Gasteiger partial charge >= 0.3 is 0 Å². The molecule has 1 aromatic rings. The molecule has 13 heavy (non-hydrogen) atoms. The van der Waals surface area contributed by atoms with E-state index in [1.165, 1.54) is 30.8 Å². The highest BCUT2D eigenvalue weighted by Crippen LogP contribution is 2.25. The maximum Gasteiger partial charge on any atom is 0.119 e. The smallest absolute Gasteiger partial charge is 0.119 e. The van der Waals surface area contributed by atoms with Gasteiger partial charge in [0.15, 0.2) is 0 Å². The highest BCUT2D eigenvalue weighted by molar-refractivity contribution is 5.32. The quantitative estimate of drug-likeness (QED) is 0.531. The average Bonchev–Trinajstić information content (AvgIpc) is 2.26. The number of likely N-dealkylation sites (N-methyl/N-ethyl adjacent to an activating group) is 1. The molecule has 0 fully saturated rings. The van der Waals surface area contributed by atoms with Crippen molar-refractivity contribution in [3.63, 3.8) is 0 Å². The molecule has 0 N–H and O–H groups in total. The van der Waals surface area contributed by atoms with Crippen LogP contribution in [0.25, 0.3) is 0 Å². The molecule has 1 aliphatic heterocycles. The van der Waals surface area contributed by atoms with Gasteiger partial charge < -0.3 is 9.05 Å². The standard InChI is InChI=1S/C11H19N2/c1-9-7-12(2)11-8-13(3,4)6-5-10(9)11/h7H,5-6,8H2,1-4H3/q+1. The van der Waals surface area contributed by atoms with Gasteiger partial charge in [0.05, 0.1) is 26.3 Å². The third-order valence-electron chi connectivity index (χ3n) is 3.18. The summed E-state index contributed by atoms with van der Waals surface area (Å²) >= 11 is 0. The van der Waals surface area contributed by atoms with Gasteiger partial charge in [-0.25, -0.2) is 0 Å². The van der Waals surface area contributed by atoms with Crippen LogP contribution in [-0.2, 0) is 20.0 Å². The van der Waals surface area contributed by atoms with E-state index in [1.54, 1.807) is 5.56 Å². The third-order valence-corrected chi connectivity index (χ3v) is 3.18. The Hall–Kier alpha value is -0.760. The number of rotatable bonds is 0. The summed E-state index contributed by atoms with van der Waals surface area (Å²) in [5.41, 5.74) is 4.60. The van der Waals surface area contributed by atoms with Crippen molar-refractivity contribution in [2.24, 2.45) is 7.05 Å². The molecule has 2 rings (SSSR count). The second kappa shape index (κ2) is 2.61. The van der Waals surface area contributed by atoms with Gasteiger partial charge in [-0.05, 0) is 18.1 Å². The number of quaternary nitrogens is 1. The molecule has 2 heterocycles. The van der Waals surface area contributed by atoms with Crippen molar-refractivity contribution in [2.45, 2.75) is 19.9 Å². The Morgan fingerprint density at radius 1 is 1.38 bits per heavy atom. The predicted molar refractivity (Wildman–Crippen MR) is 54.5 cm³/mol. The number of nitrogens with zero attached hydrogens (tertiary/aromatic N) is 2. The van der Waals surface area contributed by atoms with Gasteiger partial charge in [-0.15, -0.1) is 0 Å². The summed E-state index contributed by atoms with van der Waals surface area (Å²) in [5.74, 6) is 0. The number of fused-ring (bicyclic) bond motifs is 1. The fraction of sp³-hybridized carbons (Fsp3) is 0.636. The Labute approximate surface area is 80.4 Å². The van der Waals surface area contributed by atoms with E-state index in [9.17, 15) is 0 Å². The zero-order valence-electron chi connectivity index (χ0n) is 9.09. The Balaban J connectivity index is 2.45. The molecular formula is C11H19N2+. The number of hydrogen-bond acceptors (Lipinski definition) is 0. The average molecular weight is 179 g/mol. The van der Waals surface area contributed by atoms with E-state index in [-0.39, 0.29) is 0 Å². The summed E-state index contributed by atoms with van der Waals surface area (Å²) < 4.78 is 3.42. The Morgan fingerprint density at radius 3 is 2.77 bits per heavy atom. The lowest BCUT2D eigenvalue weighted by molar-refractivity contribution is -0.905. The van der Waals surface area contributed by atoms with Crippen LogP contribution in [0.5, 0.6) is 0 Å². The zero-order valence-corrected chi connectivity index (χ0v) is 9.09. The van der Waals surface area contributed by atoms with Gasteiger partial charge in [-0.2, -0.15) is 0 Å². The van der Waals surface area contributed by atoms with Crippen molar-refractivity contribution >= 4 is 0 Å². The lowest BCUT2D eigenvalue weighted by Crippen LogP contribution is -2.44. The van der Waals surface area contributed by atoms with Crippen molar-refractivity contribution in [3.05, 3.63) is 23.0 Å². The Kier molecular flexibility index (Phi) is 1.77. The van der Waals surface area contributed by atoms with Crippen LogP contribution in [-0.4, -0.2) is 29.7 Å². The summed E-state index contributed by atoms with van der Waals surface area (Å²) in [4.78, 5) is 0.